The molecule has 0 fully saturated rings. The highest BCUT2D eigenvalue weighted by atomic mass is 35.5. The Morgan fingerprint density at radius 2 is 2.26 bits per heavy atom. The first kappa shape index (κ1) is 15.5. The first-order chi connectivity index (χ1) is 8.93. The van der Waals surface area contributed by atoms with Gasteiger partial charge >= 0.3 is 12.6 Å². The molecule has 8 heteroatoms. The van der Waals surface area contributed by atoms with Crippen LogP contribution in [0.1, 0.15) is 0 Å². The number of urea groups is 1. The summed E-state index contributed by atoms with van der Waals surface area (Å²) >= 11 is 5.67. The number of carbonyl (C=O) groups is 1. The zero-order valence-electron chi connectivity index (χ0n) is 10.1. The van der Waals surface area contributed by atoms with E-state index in [4.69, 9.17) is 16.7 Å². The molecular weight excluding hydrogens is 282 g/mol. The number of alkyl halides is 2. The molecule has 106 valence electrons. The van der Waals surface area contributed by atoms with Crippen LogP contribution < -0.4 is 10.1 Å². The van der Waals surface area contributed by atoms with Gasteiger partial charge < -0.3 is 20.1 Å². The Kier molecular flexibility index (Phi) is 5.78. The highest BCUT2D eigenvalue weighted by Gasteiger charge is 2.14. The summed E-state index contributed by atoms with van der Waals surface area (Å²) in [4.78, 5) is 12.8. The highest BCUT2D eigenvalue weighted by Crippen LogP contribution is 2.29. The molecule has 0 atom stereocenters. The molecule has 0 aromatic heterocycles. The second-order valence-corrected chi connectivity index (χ2v) is 4.03. The molecule has 2 N–H and O–H groups in total. The van der Waals surface area contributed by atoms with Gasteiger partial charge in [0.2, 0.25) is 0 Å². The van der Waals surface area contributed by atoms with Gasteiger partial charge in [0.15, 0.2) is 5.75 Å². The van der Waals surface area contributed by atoms with E-state index in [0.717, 1.165) is 0 Å². The molecule has 0 bridgehead atoms. The summed E-state index contributed by atoms with van der Waals surface area (Å²) < 4.78 is 28.7. The summed E-state index contributed by atoms with van der Waals surface area (Å²) in [6.07, 6.45) is 0. The number of anilines is 1. The molecule has 2 amide bonds. The predicted octanol–water partition coefficient (Wildman–Crippen LogP) is 2.40. The third-order valence-electron chi connectivity index (χ3n) is 2.18. The fourth-order valence-corrected chi connectivity index (χ4v) is 1.42. The first-order valence-electron chi connectivity index (χ1n) is 5.31. The van der Waals surface area contributed by atoms with Crippen molar-refractivity contribution >= 4 is 23.3 Å². The molecule has 0 radical (unpaired) electrons. The number of benzene rings is 1. The predicted molar refractivity (Wildman–Crippen MR) is 66.8 cm³/mol. The number of amides is 2. The van der Waals surface area contributed by atoms with Gasteiger partial charge in [-0.05, 0) is 12.1 Å². The lowest BCUT2D eigenvalue weighted by atomic mass is 10.3. The van der Waals surface area contributed by atoms with E-state index in [-0.39, 0.29) is 29.6 Å². The van der Waals surface area contributed by atoms with E-state index in [9.17, 15) is 13.6 Å². The Hall–Kier alpha value is -1.60. The van der Waals surface area contributed by atoms with Crippen LogP contribution in [0, 0.1) is 0 Å². The number of aliphatic hydroxyl groups excluding tert-OH is 1. The van der Waals surface area contributed by atoms with Crippen LogP contribution in [-0.4, -0.2) is 42.8 Å². The summed E-state index contributed by atoms with van der Waals surface area (Å²) in [7, 11) is 1.45. The van der Waals surface area contributed by atoms with Gasteiger partial charge in [0, 0.05) is 24.7 Å². The molecule has 0 heterocycles. The van der Waals surface area contributed by atoms with Crippen LogP contribution in [0.5, 0.6) is 5.75 Å². The van der Waals surface area contributed by atoms with Crippen molar-refractivity contribution in [3.63, 3.8) is 0 Å². The number of hydrogen-bond donors (Lipinski definition) is 2. The maximum absolute atomic E-state index is 12.2. The maximum atomic E-state index is 12.2. The standard InChI is InChI=1S/C11H13ClF2N2O3/c1-16(4-5-17)11(18)15-8-3-2-7(12)6-9(8)19-10(13)14/h2-3,6,10,17H,4-5H2,1H3,(H,15,18). The number of aliphatic hydroxyl groups is 1. The lowest BCUT2D eigenvalue weighted by Gasteiger charge is -2.18. The molecule has 1 aromatic rings. The summed E-state index contributed by atoms with van der Waals surface area (Å²) in [5, 5.41) is 11.3. The van der Waals surface area contributed by atoms with Crippen LogP contribution in [-0.2, 0) is 0 Å². The van der Waals surface area contributed by atoms with Crippen molar-refractivity contribution in [2.75, 3.05) is 25.5 Å². The molecule has 19 heavy (non-hydrogen) atoms. The van der Waals surface area contributed by atoms with Crippen molar-refractivity contribution in [1.29, 1.82) is 0 Å². The highest BCUT2D eigenvalue weighted by molar-refractivity contribution is 6.30. The van der Waals surface area contributed by atoms with Crippen molar-refractivity contribution in [2.45, 2.75) is 6.61 Å². The van der Waals surface area contributed by atoms with Gasteiger partial charge in [-0.1, -0.05) is 11.6 Å². The second-order valence-electron chi connectivity index (χ2n) is 3.59. The van der Waals surface area contributed by atoms with E-state index in [1.807, 2.05) is 0 Å². The van der Waals surface area contributed by atoms with Crippen molar-refractivity contribution in [3.05, 3.63) is 23.2 Å². The van der Waals surface area contributed by atoms with Crippen molar-refractivity contribution in [3.8, 4) is 5.75 Å². The fraction of sp³-hybridized carbons (Fsp3) is 0.364. The summed E-state index contributed by atoms with van der Waals surface area (Å²) in [6.45, 7) is -3.11. The van der Waals surface area contributed by atoms with E-state index in [2.05, 4.69) is 10.1 Å². The van der Waals surface area contributed by atoms with Crippen LogP contribution in [0.15, 0.2) is 18.2 Å². The van der Waals surface area contributed by atoms with E-state index < -0.39 is 12.6 Å². The lowest BCUT2D eigenvalue weighted by molar-refractivity contribution is -0.0493. The lowest BCUT2D eigenvalue weighted by Crippen LogP contribution is -2.33. The Labute approximate surface area is 113 Å². The number of halogens is 3. The molecule has 0 spiro atoms. The number of nitrogens with one attached hydrogen (secondary N) is 1. The molecule has 1 rings (SSSR count). The smallest absolute Gasteiger partial charge is 0.387 e. The van der Waals surface area contributed by atoms with Gasteiger partial charge in [0.25, 0.3) is 0 Å². The average Bonchev–Trinajstić information content (AvgIpc) is 2.32. The normalized spacial score (nSPS) is 10.4. The molecule has 0 aliphatic heterocycles. The Morgan fingerprint density at radius 1 is 1.58 bits per heavy atom. The van der Waals surface area contributed by atoms with Crippen LogP contribution in [0.4, 0.5) is 19.3 Å². The zero-order valence-corrected chi connectivity index (χ0v) is 10.8. The zero-order chi connectivity index (χ0) is 14.4. The molecule has 0 unspecified atom stereocenters. The molecule has 0 saturated carbocycles. The quantitative estimate of drug-likeness (QED) is 0.876. The maximum Gasteiger partial charge on any atom is 0.387 e. The van der Waals surface area contributed by atoms with Crippen LogP contribution in [0.3, 0.4) is 0 Å². The molecule has 0 saturated heterocycles. The monoisotopic (exact) mass is 294 g/mol. The van der Waals surface area contributed by atoms with Crippen molar-refractivity contribution in [2.24, 2.45) is 0 Å². The SMILES string of the molecule is CN(CCO)C(=O)Nc1ccc(Cl)cc1OC(F)F. The van der Waals surface area contributed by atoms with Gasteiger partial charge in [-0.25, -0.2) is 4.79 Å². The van der Waals surface area contributed by atoms with Crippen LogP contribution in [0.2, 0.25) is 5.02 Å². The van der Waals surface area contributed by atoms with Gasteiger partial charge in [-0.15, -0.1) is 0 Å². The van der Waals surface area contributed by atoms with Gasteiger partial charge in [-0.3, -0.25) is 0 Å². The minimum Gasteiger partial charge on any atom is -0.433 e. The summed E-state index contributed by atoms with van der Waals surface area (Å²) in [5.74, 6) is -0.228. The number of rotatable bonds is 5. The second kappa shape index (κ2) is 7.10. The van der Waals surface area contributed by atoms with E-state index >= 15 is 0 Å². The number of likely N-dealkylation sites (N-methyl/N-ethyl adjacent to an activating group) is 1. The van der Waals surface area contributed by atoms with Crippen molar-refractivity contribution < 1.29 is 23.4 Å². The van der Waals surface area contributed by atoms with Crippen molar-refractivity contribution in [1.82, 2.24) is 4.90 Å². The summed E-state index contributed by atoms with van der Waals surface area (Å²) in [5.41, 5.74) is 0.0690. The van der Waals surface area contributed by atoms with Gasteiger partial charge in [0.05, 0.1) is 12.3 Å². The first-order valence-corrected chi connectivity index (χ1v) is 5.69. The van der Waals surface area contributed by atoms with Gasteiger partial charge in [0.1, 0.15) is 0 Å². The minimum absolute atomic E-state index is 0.0690. The number of nitrogens with zero attached hydrogens (tertiary/aromatic N) is 1. The number of carbonyl (C=O) groups excluding carboxylic acids is 1. The molecule has 1 aromatic carbocycles. The third-order valence-corrected chi connectivity index (χ3v) is 2.42. The van der Waals surface area contributed by atoms with E-state index in [1.165, 1.54) is 30.1 Å². The number of hydrogen-bond acceptors (Lipinski definition) is 3. The largest absolute Gasteiger partial charge is 0.433 e. The Balaban J connectivity index is 2.84. The van der Waals surface area contributed by atoms with Gasteiger partial charge in [-0.2, -0.15) is 8.78 Å². The average molecular weight is 295 g/mol. The molecule has 0 aliphatic rings. The van der Waals surface area contributed by atoms with Crippen LogP contribution in [0.25, 0.3) is 0 Å². The summed E-state index contributed by atoms with van der Waals surface area (Å²) in [6, 6.07) is 3.40. The van der Waals surface area contributed by atoms with E-state index in [0.29, 0.717) is 0 Å². The third kappa shape index (κ3) is 4.88. The number of ether oxygens (including phenoxy) is 1. The van der Waals surface area contributed by atoms with E-state index in [1.54, 1.807) is 0 Å². The Bertz CT molecular complexity index is 446. The Morgan fingerprint density at radius 3 is 2.84 bits per heavy atom. The minimum atomic E-state index is -3.02. The molecule has 0 aliphatic carbocycles. The topological polar surface area (TPSA) is 61.8 Å². The van der Waals surface area contributed by atoms with Crippen LogP contribution >= 0.6 is 11.6 Å². The fourth-order valence-electron chi connectivity index (χ4n) is 1.26. The molecular formula is C11H13ClF2N2O3. The molecule has 5 nitrogen and oxygen atoms in total.